The first-order valence-electron chi connectivity index (χ1n) is 9.41. The predicted octanol–water partition coefficient (Wildman–Crippen LogP) is 0.864. The maximum absolute atomic E-state index is 12.2. The summed E-state index contributed by atoms with van der Waals surface area (Å²) in [6, 6.07) is 0. The summed E-state index contributed by atoms with van der Waals surface area (Å²) in [6.45, 7) is 4.75. The molecular weight excluding hydrogens is 396 g/mol. The van der Waals surface area contributed by atoms with Crippen LogP contribution in [0.3, 0.4) is 0 Å². The Bertz CT molecular complexity index is 928. The van der Waals surface area contributed by atoms with Gasteiger partial charge in [0, 0.05) is 24.2 Å². The van der Waals surface area contributed by atoms with Gasteiger partial charge in [-0.1, -0.05) is 22.5 Å². The number of hydrogen-bond acceptors (Lipinski definition) is 12. The molecule has 0 saturated carbocycles. The molecule has 0 aromatic carbocycles. The highest BCUT2D eigenvalue weighted by atomic mass is 16.8. The molecule has 0 fully saturated rings. The van der Waals surface area contributed by atoms with Crippen molar-refractivity contribution in [1.82, 2.24) is 30.4 Å². The van der Waals surface area contributed by atoms with Crippen molar-refractivity contribution >= 4 is 23.1 Å². The highest BCUT2D eigenvalue weighted by Crippen LogP contribution is 2.21. The number of aromatic nitrogens is 4. The summed E-state index contributed by atoms with van der Waals surface area (Å²) in [7, 11) is 0. The fourth-order valence-corrected chi connectivity index (χ4v) is 3.06. The fourth-order valence-electron chi connectivity index (χ4n) is 3.06. The van der Waals surface area contributed by atoms with Crippen molar-refractivity contribution in [3.05, 3.63) is 35.6 Å². The van der Waals surface area contributed by atoms with Crippen molar-refractivity contribution < 1.29 is 28.3 Å². The molecule has 0 unspecified atom stereocenters. The minimum absolute atomic E-state index is 0.230. The third-order valence-electron chi connectivity index (χ3n) is 4.43. The molecule has 0 aliphatic carbocycles. The van der Waals surface area contributed by atoms with E-state index in [1.807, 2.05) is 12.2 Å². The van der Waals surface area contributed by atoms with Crippen molar-refractivity contribution in [3.63, 3.8) is 0 Å². The summed E-state index contributed by atoms with van der Waals surface area (Å²) in [6.07, 6.45) is 5.05. The van der Waals surface area contributed by atoms with E-state index in [2.05, 4.69) is 20.3 Å². The van der Waals surface area contributed by atoms with E-state index in [0.717, 1.165) is 11.1 Å². The van der Waals surface area contributed by atoms with Crippen LogP contribution < -0.4 is 0 Å². The van der Waals surface area contributed by atoms with Gasteiger partial charge in [-0.3, -0.25) is 0 Å². The van der Waals surface area contributed by atoms with E-state index in [0.29, 0.717) is 49.4 Å². The molecule has 4 heterocycles. The second-order valence-electron chi connectivity index (χ2n) is 6.81. The highest BCUT2D eigenvalue weighted by Gasteiger charge is 2.29. The van der Waals surface area contributed by atoms with E-state index in [4.69, 9.17) is 18.7 Å². The lowest BCUT2D eigenvalue weighted by molar-refractivity contribution is -0.215. The van der Waals surface area contributed by atoms with Crippen LogP contribution in [0.5, 0.6) is 0 Å². The molecule has 0 bridgehead atoms. The highest BCUT2D eigenvalue weighted by molar-refractivity contribution is 6.29. The number of rotatable bonds is 4. The SMILES string of the molecule is Cc1noc(C2=CCCN(OC(=O)C(=O)ON3CCC=C(c4nc(C)no4)C3)C2)n1. The molecule has 2 aromatic rings. The van der Waals surface area contributed by atoms with E-state index in [1.165, 1.54) is 10.1 Å². The minimum atomic E-state index is -1.11. The Balaban J connectivity index is 1.29. The zero-order chi connectivity index (χ0) is 21.1. The monoisotopic (exact) mass is 416 g/mol. The molecule has 0 N–H and O–H groups in total. The molecular formula is C18H20N6O6. The zero-order valence-corrected chi connectivity index (χ0v) is 16.5. The lowest BCUT2D eigenvalue weighted by atomic mass is 10.1. The molecule has 0 spiro atoms. The first-order chi connectivity index (χ1) is 14.5. The largest absolute Gasteiger partial charge is 0.438 e. The van der Waals surface area contributed by atoms with Gasteiger partial charge < -0.3 is 18.7 Å². The maximum atomic E-state index is 12.2. The molecule has 30 heavy (non-hydrogen) atoms. The van der Waals surface area contributed by atoms with Gasteiger partial charge in [-0.05, 0) is 26.7 Å². The maximum Gasteiger partial charge on any atom is 0.438 e. The smallest absolute Gasteiger partial charge is 0.359 e. The summed E-state index contributed by atoms with van der Waals surface area (Å²) in [5.74, 6) is -0.478. The second kappa shape index (κ2) is 8.55. The van der Waals surface area contributed by atoms with E-state index in [-0.39, 0.29) is 13.1 Å². The van der Waals surface area contributed by atoms with Crippen LogP contribution in [0.2, 0.25) is 0 Å². The molecule has 158 valence electrons. The zero-order valence-electron chi connectivity index (χ0n) is 16.5. The Hall–Kier alpha value is -3.38. The van der Waals surface area contributed by atoms with Gasteiger partial charge in [-0.15, -0.1) is 10.1 Å². The van der Waals surface area contributed by atoms with Gasteiger partial charge in [0.1, 0.15) is 0 Å². The number of carbonyl (C=O) groups excluding carboxylic acids is 2. The molecule has 4 rings (SSSR count). The van der Waals surface area contributed by atoms with Gasteiger partial charge in [0.2, 0.25) is 0 Å². The third kappa shape index (κ3) is 4.60. The number of carbonyl (C=O) groups is 2. The molecule has 0 amide bonds. The fraction of sp³-hybridized carbons (Fsp3) is 0.444. The van der Waals surface area contributed by atoms with Crippen molar-refractivity contribution in [3.8, 4) is 0 Å². The van der Waals surface area contributed by atoms with Crippen LogP contribution >= 0.6 is 0 Å². The molecule has 2 aromatic heterocycles. The summed E-state index contributed by atoms with van der Waals surface area (Å²) in [4.78, 5) is 43.1. The summed E-state index contributed by atoms with van der Waals surface area (Å²) < 4.78 is 10.3. The third-order valence-corrected chi connectivity index (χ3v) is 4.43. The normalized spacial score (nSPS) is 17.9. The average molecular weight is 416 g/mol. The van der Waals surface area contributed by atoms with Gasteiger partial charge in [-0.2, -0.15) is 9.97 Å². The van der Waals surface area contributed by atoms with E-state index in [9.17, 15) is 9.59 Å². The molecule has 0 saturated heterocycles. The number of hydrogen-bond donors (Lipinski definition) is 0. The van der Waals surface area contributed by atoms with Crippen molar-refractivity contribution in [2.24, 2.45) is 0 Å². The number of aryl methyl sites for hydroxylation is 2. The summed E-state index contributed by atoms with van der Waals surface area (Å²) in [5.41, 5.74) is 1.45. The lowest BCUT2D eigenvalue weighted by Gasteiger charge is -2.26. The van der Waals surface area contributed by atoms with E-state index < -0.39 is 11.9 Å². The Kier molecular flexibility index (Phi) is 5.68. The summed E-state index contributed by atoms with van der Waals surface area (Å²) >= 11 is 0. The number of nitrogens with zero attached hydrogens (tertiary/aromatic N) is 6. The standard InChI is InChI=1S/C18H20N6O6/c1-11-19-15(27-21-11)13-5-3-7-23(9-13)29-17(25)18(26)30-24-8-4-6-14(10-24)16-20-12(2)22-28-16/h5-6H,3-4,7-10H2,1-2H3. The molecule has 2 aliphatic rings. The van der Waals surface area contributed by atoms with Crippen LogP contribution in [-0.4, -0.2) is 68.5 Å². The summed E-state index contributed by atoms with van der Waals surface area (Å²) in [5, 5.41) is 10.2. The van der Waals surface area contributed by atoms with Crippen LogP contribution in [0.4, 0.5) is 0 Å². The minimum Gasteiger partial charge on any atom is -0.359 e. The van der Waals surface area contributed by atoms with Crippen LogP contribution in [-0.2, 0) is 19.3 Å². The molecule has 12 heteroatoms. The molecule has 2 aliphatic heterocycles. The first-order valence-corrected chi connectivity index (χ1v) is 9.41. The molecule has 0 atom stereocenters. The van der Waals surface area contributed by atoms with Gasteiger partial charge >= 0.3 is 11.9 Å². The number of hydroxylamine groups is 4. The Morgan fingerprint density at radius 1 is 0.833 bits per heavy atom. The lowest BCUT2D eigenvalue weighted by Crippen LogP contribution is -2.39. The topological polar surface area (TPSA) is 137 Å². The van der Waals surface area contributed by atoms with Crippen molar-refractivity contribution in [2.75, 3.05) is 26.2 Å². The Labute approximate surface area is 171 Å². The molecule has 12 nitrogen and oxygen atoms in total. The quantitative estimate of drug-likeness (QED) is 0.654. The molecule has 0 radical (unpaired) electrons. The van der Waals surface area contributed by atoms with Crippen LogP contribution in [0.1, 0.15) is 36.3 Å². The van der Waals surface area contributed by atoms with Crippen LogP contribution in [0.25, 0.3) is 11.1 Å². The Morgan fingerprint density at radius 2 is 1.27 bits per heavy atom. The van der Waals surface area contributed by atoms with Gasteiger partial charge in [-0.25, -0.2) is 9.59 Å². The Morgan fingerprint density at radius 3 is 1.63 bits per heavy atom. The van der Waals surface area contributed by atoms with Gasteiger partial charge in [0.15, 0.2) is 11.6 Å². The first kappa shape index (κ1) is 19.9. The van der Waals surface area contributed by atoms with Crippen LogP contribution in [0, 0.1) is 13.8 Å². The van der Waals surface area contributed by atoms with Crippen LogP contribution in [0.15, 0.2) is 21.2 Å². The van der Waals surface area contributed by atoms with E-state index >= 15 is 0 Å². The second-order valence-corrected chi connectivity index (χ2v) is 6.81. The van der Waals surface area contributed by atoms with Crippen molar-refractivity contribution in [2.45, 2.75) is 26.7 Å². The predicted molar refractivity (Wildman–Crippen MR) is 98.6 cm³/mol. The van der Waals surface area contributed by atoms with Gasteiger partial charge in [0.05, 0.1) is 13.1 Å². The van der Waals surface area contributed by atoms with Gasteiger partial charge in [0.25, 0.3) is 11.8 Å². The van der Waals surface area contributed by atoms with E-state index in [1.54, 1.807) is 13.8 Å². The van der Waals surface area contributed by atoms with Crippen molar-refractivity contribution in [1.29, 1.82) is 0 Å². The average Bonchev–Trinajstić information content (AvgIpc) is 3.37.